The fourth-order valence-electron chi connectivity index (χ4n) is 7.25. The summed E-state index contributed by atoms with van der Waals surface area (Å²) in [6.07, 6.45) is 0. The van der Waals surface area contributed by atoms with Crippen LogP contribution in [0.3, 0.4) is 0 Å². The van der Waals surface area contributed by atoms with E-state index in [-0.39, 0.29) is 53.2 Å². The van der Waals surface area contributed by atoms with Gasteiger partial charge in [-0.05, 0) is 128 Å². The molecule has 0 saturated heterocycles. The minimum atomic E-state index is -0.595. The van der Waals surface area contributed by atoms with Crippen molar-refractivity contribution in [2.75, 3.05) is 0 Å². The van der Waals surface area contributed by atoms with Gasteiger partial charge in [0.1, 0.15) is 35.0 Å². The van der Waals surface area contributed by atoms with Gasteiger partial charge in [0.25, 0.3) is 0 Å². The third kappa shape index (κ3) is 11.1. The van der Waals surface area contributed by atoms with Gasteiger partial charge in [0.15, 0.2) is 0 Å². The number of phenolic OH excluding ortho intramolecular Hbond substituents is 2. The van der Waals surface area contributed by atoms with Crippen LogP contribution in [-0.2, 0) is 21.7 Å². The molecule has 2 atom stereocenters. The van der Waals surface area contributed by atoms with Crippen molar-refractivity contribution in [3.63, 3.8) is 0 Å². The summed E-state index contributed by atoms with van der Waals surface area (Å²) in [5.74, 6) is 0.540. The molecule has 2 N–H and O–H groups in total. The lowest BCUT2D eigenvalue weighted by atomic mass is 9.77. The van der Waals surface area contributed by atoms with E-state index in [1.54, 1.807) is 46.9 Å². The first-order valence-electron chi connectivity index (χ1n) is 20.6. The third-order valence-corrected chi connectivity index (χ3v) is 14.7. The molecule has 338 valence electrons. The number of thiophene rings is 2. The maximum atomic E-state index is 11.6. The molecule has 0 saturated carbocycles. The Bertz CT molecular complexity index is 2480. The first-order chi connectivity index (χ1) is 29.5. The summed E-state index contributed by atoms with van der Waals surface area (Å²) >= 11 is 42.1. The average Bonchev–Trinajstić information content (AvgIpc) is 3.83. The first-order valence-corrected chi connectivity index (χ1v) is 24.5. The van der Waals surface area contributed by atoms with E-state index in [9.17, 15) is 10.2 Å². The molecule has 6 nitrogen and oxygen atoms in total. The number of hydrogen-bond acceptors (Lipinski definition) is 8. The van der Waals surface area contributed by atoms with Crippen molar-refractivity contribution in [3.05, 3.63) is 146 Å². The predicted molar refractivity (Wildman–Crippen MR) is 274 cm³/mol. The van der Waals surface area contributed by atoms with Crippen molar-refractivity contribution >= 4 is 104 Å². The van der Waals surface area contributed by atoms with Crippen LogP contribution in [-0.4, -0.2) is 10.2 Å². The molecule has 0 aliphatic heterocycles. The summed E-state index contributed by atoms with van der Waals surface area (Å²) in [6.45, 7) is 25.0. The lowest BCUT2D eigenvalue weighted by Crippen LogP contribution is -2.18. The summed E-state index contributed by atoms with van der Waals surface area (Å²) in [5, 5.41) is 44.4. The van der Waals surface area contributed by atoms with Gasteiger partial charge < -0.3 is 10.2 Å². The SMILES string of the molecule is CC(C)(C)c1cc(C(N=Nc2c(Cl)cc(Cl)cc2Cl)c2ccc(-c3ccc(C(N=Nc4c(Cl)cc(Cl)cc4Cl)c4cc(C(C)(C)C)c(O)c(C(C)(C)C)c4)s3)s2)cc(C(C)(C)C)c1O. The molecule has 6 rings (SSSR count). The molecule has 6 aromatic rings. The second kappa shape index (κ2) is 18.8. The Hall–Kier alpha value is -3.18. The number of phenols is 2. The highest BCUT2D eigenvalue weighted by atomic mass is 35.5. The number of rotatable bonds is 9. The zero-order valence-corrected chi connectivity index (χ0v) is 44.0. The maximum Gasteiger partial charge on any atom is 0.130 e. The Labute approximate surface area is 415 Å². The first kappa shape index (κ1) is 50.2. The van der Waals surface area contributed by atoms with Crippen LogP contribution in [0.25, 0.3) is 9.75 Å². The van der Waals surface area contributed by atoms with Crippen LogP contribution in [0.2, 0.25) is 30.1 Å². The standard InChI is InChI=1S/C50H52Cl6N4O2S2/c1-47(2,3)29-17-25(18-30(45(29)61)48(4,5)6)41(57-59-43-33(53)21-27(51)22-34(43)54)39-15-13-37(63-39)38-14-16-40(64-38)42(58-60-44-35(55)23-28(52)24-36(44)56)26-19-31(49(7,8)9)46(62)32(20-26)50(10,11)12/h13-24,41-42,61-62H,1-12H3. The van der Waals surface area contributed by atoms with E-state index in [0.717, 1.165) is 52.9 Å². The van der Waals surface area contributed by atoms with Gasteiger partial charge in [-0.15, -0.1) is 22.7 Å². The molecule has 2 unspecified atom stereocenters. The Morgan fingerprint density at radius 3 is 0.938 bits per heavy atom. The van der Waals surface area contributed by atoms with Crippen molar-refractivity contribution in [1.29, 1.82) is 0 Å². The lowest BCUT2D eigenvalue weighted by Gasteiger charge is -2.29. The zero-order chi connectivity index (χ0) is 47.4. The van der Waals surface area contributed by atoms with Gasteiger partial charge in [-0.2, -0.15) is 20.5 Å². The summed E-state index contributed by atoms with van der Waals surface area (Å²) in [4.78, 5) is 3.81. The molecule has 0 bridgehead atoms. The van der Waals surface area contributed by atoms with E-state index in [2.05, 4.69) is 118 Å². The summed E-state index contributed by atoms with van der Waals surface area (Å²) < 4.78 is 0. The van der Waals surface area contributed by atoms with Gasteiger partial charge >= 0.3 is 0 Å². The van der Waals surface area contributed by atoms with Crippen LogP contribution in [0.4, 0.5) is 11.4 Å². The Morgan fingerprint density at radius 2 is 0.688 bits per heavy atom. The average molecular weight is 1020 g/mol. The smallest absolute Gasteiger partial charge is 0.130 e. The van der Waals surface area contributed by atoms with Crippen LogP contribution in [0.5, 0.6) is 11.5 Å². The molecule has 14 heteroatoms. The van der Waals surface area contributed by atoms with Gasteiger partial charge in [-0.25, -0.2) is 0 Å². The van der Waals surface area contributed by atoms with Crippen molar-refractivity contribution in [3.8, 4) is 21.3 Å². The Morgan fingerprint density at radius 1 is 0.422 bits per heavy atom. The molecule has 0 amide bonds. The van der Waals surface area contributed by atoms with Crippen molar-refractivity contribution in [2.24, 2.45) is 20.5 Å². The number of hydrogen-bond donors (Lipinski definition) is 2. The lowest BCUT2D eigenvalue weighted by molar-refractivity contribution is 0.421. The van der Waals surface area contributed by atoms with Crippen LogP contribution in [0.15, 0.2) is 93.3 Å². The summed E-state index contributed by atoms with van der Waals surface area (Å²) in [5.41, 5.74) is 4.02. The van der Waals surface area contributed by atoms with E-state index in [1.807, 2.05) is 24.3 Å². The Balaban J connectivity index is 1.52. The fourth-order valence-corrected chi connectivity index (χ4v) is 11.3. The molecule has 64 heavy (non-hydrogen) atoms. The molecule has 0 aliphatic rings. The number of halogens is 6. The quantitative estimate of drug-likeness (QED) is 0.141. The van der Waals surface area contributed by atoms with Crippen molar-refractivity contribution < 1.29 is 10.2 Å². The van der Waals surface area contributed by atoms with Crippen LogP contribution in [0.1, 0.15) is 138 Å². The largest absolute Gasteiger partial charge is 0.507 e. The van der Waals surface area contributed by atoms with Crippen LogP contribution >= 0.6 is 92.3 Å². The number of nitrogens with zero attached hydrogens (tertiary/aromatic N) is 4. The van der Waals surface area contributed by atoms with Gasteiger partial charge in [0.05, 0.1) is 20.1 Å². The number of azo groups is 2. The molecule has 0 radical (unpaired) electrons. The van der Waals surface area contributed by atoms with E-state index in [0.29, 0.717) is 21.4 Å². The second-order valence-corrected chi connectivity index (χ2v) is 24.7. The van der Waals surface area contributed by atoms with Gasteiger partial charge in [-0.3, -0.25) is 0 Å². The number of aromatic hydroxyl groups is 2. The van der Waals surface area contributed by atoms with E-state index in [4.69, 9.17) is 79.8 Å². The topological polar surface area (TPSA) is 89.9 Å². The maximum absolute atomic E-state index is 11.6. The fraction of sp³-hybridized carbons (Fsp3) is 0.360. The number of benzene rings is 4. The minimum absolute atomic E-state index is 0.270. The summed E-state index contributed by atoms with van der Waals surface area (Å²) in [7, 11) is 0. The molecular weight excluding hydrogens is 965 g/mol. The van der Waals surface area contributed by atoms with Gasteiger partial charge in [0, 0.05) is 29.6 Å². The van der Waals surface area contributed by atoms with Crippen molar-refractivity contribution in [1.82, 2.24) is 0 Å². The third-order valence-electron chi connectivity index (χ3n) is 10.7. The minimum Gasteiger partial charge on any atom is -0.507 e. The van der Waals surface area contributed by atoms with Crippen LogP contribution in [0, 0.1) is 0 Å². The van der Waals surface area contributed by atoms with E-state index in [1.165, 1.54) is 0 Å². The monoisotopic (exact) mass is 1010 g/mol. The summed E-state index contributed by atoms with van der Waals surface area (Å²) in [6, 6.07) is 21.5. The molecule has 0 aliphatic carbocycles. The predicted octanol–water partition coefficient (Wildman–Crippen LogP) is 19.7. The molecule has 0 fully saturated rings. The highest BCUT2D eigenvalue weighted by Gasteiger charge is 2.32. The molecular formula is C50H52Cl6N4O2S2. The normalized spacial score (nSPS) is 14.0. The zero-order valence-electron chi connectivity index (χ0n) is 37.9. The molecule has 4 aromatic carbocycles. The van der Waals surface area contributed by atoms with E-state index < -0.39 is 12.1 Å². The van der Waals surface area contributed by atoms with Crippen LogP contribution < -0.4 is 0 Å². The Kier molecular flexibility index (Phi) is 14.8. The molecule has 2 aromatic heterocycles. The second-order valence-electron chi connectivity index (χ2n) is 20.0. The van der Waals surface area contributed by atoms with E-state index >= 15 is 0 Å². The van der Waals surface area contributed by atoms with Gasteiger partial charge in [0.2, 0.25) is 0 Å². The highest BCUT2D eigenvalue weighted by Crippen LogP contribution is 2.49. The highest BCUT2D eigenvalue weighted by molar-refractivity contribution is 7.22. The van der Waals surface area contributed by atoms with Crippen molar-refractivity contribution in [2.45, 2.75) is 117 Å². The molecule has 0 spiro atoms. The molecule has 2 heterocycles. The van der Waals surface area contributed by atoms with Gasteiger partial charge in [-0.1, -0.05) is 153 Å².